The van der Waals surface area contributed by atoms with Crippen molar-refractivity contribution in [2.24, 2.45) is 0 Å². The number of aromatic nitrogens is 3. The second kappa shape index (κ2) is 10.0. The van der Waals surface area contributed by atoms with Crippen molar-refractivity contribution >= 4 is 27.7 Å². The minimum Gasteiger partial charge on any atom is -0.339 e. The summed E-state index contributed by atoms with van der Waals surface area (Å²) in [6.07, 6.45) is 3.21. The fraction of sp³-hybridized carbons (Fsp3) is 0.550. The lowest BCUT2D eigenvalue weighted by molar-refractivity contribution is -0.131. The number of hydrogen-bond donors (Lipinski definition) is 1. The number of nitrogen functional groups attached to an aromatic ring is 1. The van der Waals surface area contributed by atoms with Gasteiger partial charge >= 0.3 is 0 Å². The molecule has 0 aliphatic carbocycles. The van der Waals surface area contributed by atoms with E-state index in [4.69, 9.17) is 5.84 Å². The molecule has 1 atom stereocenters. The van der Waals surface area contributed by atoms with Crippen LogP contribution >= 0.6 is 11.8 Å². The van der Waals surface area contributed by atoms with Gasteiger partial charge in [0.25, 0.3) is 0 Å². The highest BCUT2D eigenvalue weighted by Crippen LogP contribution is 2.26. The molecule has 31 heavy (non-hydrogen) atoms. The SMILES string of the molecule is CCN(CC)S(=O)(=O)c1cccc(-c2nnc(SCC(=O)N3CCCCC3C)n2N)c1. The smallest absolute Gasteiger partial charge is 0.243 e. The third-order valence-electron chi connectivity index (χ3n) is 5.55. The fourth-order valence-electron chi connectivity index (χ4n) is 3.76. The van der Waals surface area contributed by atoms with Crippen LogP contribution in [0.1, 0.15) is 40.0 Å². The van der Waals surface area contributed by atoms with Crippen LogP contribution in [0.15, 0.2) is 34.3 Å². The molecule has 1 amide bonds. The van der Waals surface area contributed by atoms with Gasteiger partial charge < -0.3 is 10.7 Å². The quantitative estimate of drug-likeness (QED) is 0.468. The molecule has 2 N–H and O–H groups in total. The zero-order chi connectivity index (χ0) is 22.6. The van der Waals surface area contributed by atoms with E-state index in [0.29, 0.717) is 29.6 Å². The molecule has 11 heteroatoms. The Labute approximate surface area is 188 Å². The van der Waals surface area contributed by atoms with Crippen molar-refractivity contribution in [1.82, 2.24) is 24.1 Å². The van der Waals surface area contributed by atoms with Gasteiger partial charge in [-0.15, -0.1) is 10.2 Å². The van der Waals surface area contributed by atoms with Crippen LogP contribution in [-0.4, -0.2) is 69.8 Å². The van der Waals surface area contributed by atoms with Gasteiger partial charge in [0.2, 0.25) is 21.1 Å². The van der Waals surface area contributed by atoms with Crippen LogP contribution in [-0.2, 0) is 14.8 Å². The molecule has 1 fully saturated rings. The van der Waals surface area contributed by atoms with E-state index in [1.807, 2.05) is 4.90 Å². The van der Waals surface area contributed by atoms with Gasteiger partial charge in [-0.05, 0) is 38.3 Å². The van der Waals surface area contributed by atoms with Gasteiger partial charge in [0.15, 0.2) is 5.82 Å². The molecule has 1 aromatic heterocycles. The van der Waals surface area contributed by atoms with Crippen LogP contribution in [0, 0.1) is 0 Å². The summed E-state index contributed by atoms with van der Waals surface area (Å²) < 4.78 is 28.4. The first-order chi connectivity index (χ1) is 14.8. The summed E-state index contributed by atoms with van der Waals surface area (Å²) in [6, 6.07) is 6.76. The van der Waals surface area contributed by atoms with Crippen molar-refractivity contribution in [2.45, 2.75) is 56.1 Å². The molecule has 9 nitrogen and oxygen atoms in total. The van der Waals surface area contributed by atoms with Crippen molar-refractivity contribution in [3.05, 3.63) is 24.3 Å². The molecule has 3 rings (SSSR count). The number of carbonyl (C=O) groups is 1. The van der Waals surface area contributed by atoms with E-state index in [1.54, 1.807) is 38.1 Å². The van der Waals surface area contributed by atoms with Crippen molar-refractivity contribution in [3.63, 3.8) is 0 Å². The maximum atomic E-state index is 12.8. The molecular formula is C20H30N6O3S2. The highest BCUT2D eigenvalue weighted by atomic mass is 32.2. The average Bonchev–Trinajstić information content (AvgIpc) is 3.13. The Balaban J connectivity index is 1.76. The van der Waals surface area contributed by atoms with E-state index in [9.17, 15) is 13.2 Å². The zero-order valence-corrected chi connectivity index (χ0v) is 19.8. The number of hydrogen-bond acceptors (Lipinski definition) is 7. The van der Waals surface area contributed by atoms with Crippen molar-refractivity contribution in [1.29, 1.82) is 0 Å². The monoisotopic (exact) mass is 466 g/mol. The van der Waals surface area contributed by atoms with Crippen LogP contribution in [0.4, 0.5) is 0 Å². The molecule has 1 aromatic carbocycles. The van der Waals surface area contributed by atoms with Crippen LogP contribution in [0.25, 0.3) is 11.4 Å². The van der Waals surface area contributed by atoms with Gasteiger partial charge in [-0.1, -0.05) is 37.7 Å². The Morgan fingerprint density at radius 1 is 1.26 bits per heavy atom. The largest absolute Gasteiger partial charge is 0.339 e. The summed E-state index contributed by atoms with van der Waals surface area (Å²) in [5.41, 5.74) is 0.547. The van der Waals surface area contributed by atoms with Crippen LogP contribution in [0.5, 0.6) is 0 Å². The Hall–Kier alpha value is -2.11. The fourth-order valence-corrected chi connectivity index (χ4v) is 6.01. The summed E-state index contributed by atoms with van der Waals surface area (Å²) >= 11 is 1.23. The summed E-state index contributed by atoms with van der Waals surface area (Å²) in [5, 5.41) is 8.65. The number of amides is 1. The van der Waals surface area contributed by atoms with Gasteiger partial charge in [-0.3, -0.25) is 4.79 Å². The number of nitrogens with two attached hydrogens (primary N) is 1. The zero-order valence-electron chi connectivity index (χ0n) is 18.2. The Morgan fingerprint density at radius 3 is 2.68 bits per heavy atom. The number of carbonyl (C=O) groups excluding carboxylic acids is 1. The Kier molecular flexibility index (Phi) is 7.60. The predicted octanol–water partition coefficient (Wildman–Crippen LogP) is 2.18. The third kappa shape index (κ3) is 5.04. The van der Waals surface area contributed by atoms with Gasteiger partial charge in [0, 0.05) is 31.2 Å². The Morgan fingerprint density at radius 2 is 2.00 bits per heavy atom. The van der Waals surface area contributed by atoms with Gasteiger partial charge in [0.05, 0.1) is 10.6 Å². The minimum atomic E-state index is -3.60. The Bertz CT molecular complexity index is 1020. The molecule has 170 valence electrons. The lowest BCUT2D eigenvalue weighted by atomic mass is 10.0. The van der Waals surface area contributed by atoms with Gasteiger partial charge in [-0.25, -0.2) is 13.1 Å². The molecule has 0 radical (unpaired) electrons. The van der Waals surface area contributed by atoms with E-state index in [1.165, 1.54) is 20.7 Å². The molecular weight excluding hydrogens is 436 g/mol. The first-order valence-corrected chi connectivity index (χ1v) is 13.0. The first-order valence-electron chi connectivity index (χ1n) is 10.5. The van der Waals surface area contributed by atoms with Crippen LogP contribution < -0.4 is 5.84 Å². The molecule has 0 saturated carbocycles. The maximum absolute atomic E-state index is 12.8. The van der Waals surface area contributed by atoms with E-state index in [-0.39, 0.29) is 22.6 Å². The molecule has 2 aromatic rings. The number of nitrogens with zero attached hydrogens (tertiary/aromatic N) is 5. The predicted molar refractivity (Wildman–Crippen MR) is 121 cm³/mol. The molecule has 1 unspecified atom stereocenters. The van der Waals surface area contributed by atoms with E-state index >= 15 is 0 Å². The highest BCUT2D eigenvalue weighted by Gasteiger charge is 2.25. The molecule has 2 heterocycles. The molecule has 0 spiro atoms. The van der Waals surface area contributed by atoms with Crippen molar-refractivity contribution in [2.75, 3.05) is 31.2 Å². The molecule has 1 aliphatic rings. The number of sulfonamides is 1. The first kappa shape index (κ1) is 23.6. The average molecular weight is 467 g/mol. The van der Waals surface area contributed by atoms with Crippen molar-refractivity contribution in [3.8, 4) is 11.4 Å². The maximum Gasteiger partial charge on any atom is 0.243 e. The normalized spacial score (nSPS) is 17.3. The summed E-state index contributed by atoms with van der Waals surface area (Å²) in [6.45, 7) is 7.24. The second-order valence-corrected chi connectivity index (χ2v) is 10.4. The van der Waals surface area contributed by atoms with Gasteiger partial charge in [-0.2, -0.15) is 4.31 Å². The van der Waals surface area contributed by atoms with Crippen LogP contribution in [0.2, 0.25) is 0 Å². The number of benzene rings is 1. The van der Waals surface area contributed by atoms with E-state index in [0.717, 1.165) is 25.8 Å². The topological polar surface area (TPSA) is 114 Å². The lowest BCUT2D eigenvalue weighted by Gasteiger charge is -2.33. The second-order valence-electron chi connectivity index (χ2n) is 7.51. The van der Waals surface area contributed by atoms with Gasteiger partial charge in [0.1, 0.15) is 0 Å². The summed E-state index contributed by atoms with van der Waals surface area (Å²) in [4.78, 5) is 14.7. The standard InChI is InChI=1S/C20H30N6O3S2/c1-4-24(5-2)31(28,29)17-11-8-10-16(13-17)19-22-23-20(26(19)21)30-14-18(27)25-12-7-6-9-15(25)3/h8,10-11,13,15H,4-7,9,12,14,21H2,1-3H3. The van der Waals surface area contributed by atoms with E-state index in [2.05, 4.69) is 17.1 Å². The van der Waals surface area contributed by atoms with E-state index < -0.39 is 10.0 Å². The third-order valence-corrected chi connectivity index (χ3v) is 8.52. The van der Waals surface area contributed by atoms with Crippen LogP contribution in [0.3, 0.4) is 0 Å². The summed E-state index contributed by atoms with van der Waals surface area (Å²) in [7, 11) is -3.60. The van der Waals surface area contributed by atoms with Crippen molar-refractivity contribution < 1.29 is 13.2 Å². The lowest BCUT2D eigenvalue weighted by Crippen LogP contribution is -2.43. The minimum absolute atomic E-state index is 0.0639. The number of rotatable bonds is 8. The molecule has 0 bridgehead atoms. The number of thioether (sulfide) groups is 1. The highest BCUT2D eigenvalue weighted by molar-refractivity contribution is 7.99. The molecule has 1 aliphatic heterocycles. The number of likely N-dealkylation sites (tertiary alicyclic amines) is 1. The number of piperidine rings is 1. The summed E-state index contributed by atoms with van der Waals surface area (Å²) in [5.74, 6) is 6.83. The molecule has 1 saturated heterocycles.